The van der Waals surface area contributed by atoms with Crippen LogP contribution in [0.5, 0.6) is 0 Å². The molecule has 2 aromatic carbocycles. The van der Waals surface area contributed by atoms with Gasteiger partial charge in [-0.05, 0) is 37.3 Å². The number of nitrogens with zero attached hydrogens (tertiary/aromatic N) is 1. The second kappa shape index (κ2) is 10.1. The third kappa shape index (κ3) is 5.59. The number of carbonyl (C=O) groups excluding carboxylic acids is 2. The van der Waals surface area contributed by atoms with Crippen molar-refractivity contribution in [3.8, 4) is 0 Å². The van der Waals surface area contributed by atoms with Crippen LogP contribution >= 0.6 is 0 Å². The number of rotatable bonds is 6. The van der Waals surface area contributed by atoms with Gasteiger partial charge >= 0.3 is 6.03 Å². The maximum atomic E-state index is 13.1. The van der Waals surface area contributed by atoms with Gasteiger partial charge in [0.05, 0.1) is 12.0 Å². The zero-order valence-corrected chi connectivity index (χ0v) is 17.3. The van der Waals surface area contributed by atoms with Crippen molar-refractivity contribution in [2.75, 3.05) is 6.54 Å². The first-order chi connectivity index (χ1) is 14.1. The highest BCUT2D eigenvalue weighted by Crippen LogP contribution is 2.33. The smallest absolute Gasteiger partial charge is 0.318 e. The minimum atomic E-state index is -0.175. The predicted octanol–water partition coefficient (Wildman–Crippen LogP) is 4.26. The molecule has 2 N–H and O–H groups in total. The lowest BCUT2D eigenvalue weighted by Crippen LogP contribution is -2.50. The maximum absolute atomic E-state index is 13.1. The van der Waals surface area contributed by atoms with Gasteiger partial charge in [-0.25, -0.2) is 4.79 Å². The van der Waals surface area contributed by atoms with Crippen molar-refractivity contribution in [3.63, 3.8) is 0 Å². The lowest BCUT2D eigenvalue weighted by atomic mass is 9.88. The molecule has 3 atom stereocenters. The molecule has 2 aromatic rings. The van der Waals surface area contributed by atoms with Crippen molar-refractivity contribution in [3.05, 3.63) is 71.8 Å². The van der Waals surface area contributed by atoms with Crippen LogP contribution in [0.25, 0.3) is 0 Å². The molecular weight excluding hydrogens is 362 g/mol. The van der Waals surface area contributed by atoms with Crippen LogP contribution in [0.1, 0.15) is 50.3 Å². The Bertz CT molecular complexity index is 794. The molecule has 1 heterocycles. The van der Waals surface area contributed by atoms with E-state index in [1.165, 1.54) is 0 Å². The van der Waals surface area contributed by atoms with E-state index >= 15 is 0 Å². The zero-order chi connectivity index (χ0) is 20.6. The highest BCUT2D eigenvalue weighted by Gasteiger charge is 2.35. The number of nitrogens with one attached hydrogen (secondary N) is 2. The van der Waals surface area contributed by atoms with Crippen molar-refractivity contribution in [1.82, 2.24) is 15.5 Å². The molecule has 29 heavy (non-hydrogen) atoms. The fraction of sp³-hybridized carbons (Fsp3) is 0.417. The van der Waals surface area contributed by atoms with Crippen LogP contribution in [0.2, 0.25) is 0 Å². The van der Waals surface area contributed by atoms with Gasteiger partial charge in [-0.3, -0.25) is 4.79 Å². The average Bonchev–Trinajstić information content (AvgIpc) is 2.78. The van der Waals surface area contributed by atoms with Crippen molar-refractivity contribution in [1.29, 1.82) is 0 Å². The second-order valence-electron chi connectivity index (χ2n) is 7.82. The summed E-state index contributed by atoms with van der Waals surface area (Å²) in [7, 11) is 0. The van der Waals surface area contributed by atoms with E-state index in [9.17, 15) is 9.59 Å². The Morgan fingerprint density at radius 3 is 2.34 bits per heavy atom. The number of likely N-dealkylation sites (tertiary alicyclic amines) is 1. The topological polar surface area (TPSA) is 61.4 Å². The Kier molecular flexibility index (Phi) is 7.28. The normalized spacial score (nSPS) is 20.0. The minimum absolute atomic E-state index is 0.0142. The van der Waals surface area contributed by atoms with Gasteiger partial charge in [0.1, 0.15) is 0 Å². The molecular formula is C24H31N3O2. The average molecular weight is 394 g/mol. The molecule has 0 aliphatic carbocycles. The molecule has 0 bridgehead atoms. The van der Waals surface area contributed by atoms with Crippen LogP contribution in [0, 0.1) is 5.92 Å². The summed E-state index contributed by atoms with van der Waals surface area (Å²) in [6, 6.07) is 20.0. The summed E-state index contributed by atoms with van der Waals surface area (Å²) in [5, 5.41) is 6.11. The lowest BCUT2D eigenvalue weighted by molar-refractivity contribution is -0.127. The Labute approximate surface area is 173 Å². The van der Waals surface area contributed by atoms with Crippen molar-refractivity contribution >= 4 is 11.9 Å². The van der Waals surface area contributed by atoms with E-state index < -0.39 is 0 Å². The summed E-state index contributed by atoms with van der Waals surface area (Å²) >= 11 is 0. The van der Waals surface area contributed by atoms with Gasteiger partial charge in [-0.15, -0.1) is 0 Å². The van der Waals surface area contributed by atoms with E-state index in [-0.39, 0.29) is 29.9 Å². The predicted molar refractivity (Wildman–Crippen MR) is 115 cm³/mol. The number of piperidine rings is 1. The molecule has 0 aromatic heterocycles. The van der Waals surface area contributed by atoms with Crippen LogP contribution in [-0.2, 0) is 11.3 Å². The van der Waals surface area contributed by atoms with Gasteiger partial charge < -0.3 is 15.5 Å². The molecule has 1 fully saturated rings. The summed E-state index contributed by atoms with van der Waals surface area (Å²) < 4.78 is 0. The number of urea groups is 1. The molecule has 1 aliphatic rings. The number of hydrogen-bond donors (Lipinski definition) is 2. The van der Waals surface area contributed by atoms with E-state index in [4.69, 9.17) is 0 Å². The van der Waals surface area contributed by atoms with E-state index in [1.807, 2.05) is 60.4 Å². The Morgan fingerprint density at radius 2 is 1.69 bits per heavy atom. The van der Waals surface area contributed by atoms with Crippen LogP contribution < -0.4 is 10.6 Å². The summed E-state index contributed by atoms with van der Waals surface area (Å²) in [5.74, 6) is -0.127. The molecule has 1 aliphatic heterocycles. The first-order valence-electron chi connectivity index (χ1n) is 10.5. The summed E-state index contributed by atoms with van der Waals surface area (Å²) in [5.41, 5.74) is 2.17. The molecule has 0 saturated carbocycles. The van der Waals surface area contributed by atoms with Gasteiger partial charge in [0.2, 0.25) is 5.91 Å². The first-order valence-corrected chi connectivity index (χ1v) is 10.5. The molecule has 154 valence electrons. The summed E-state index contributed by atoms with van der Waals surface area (Å²) in [4.78, 5) is 27.6. The number of amides is 3. The summed E-state index contributed by atoms with van der Waals surface area (Å²) in [6.07, 6.45) is 2.46. The van der Waals surface area contributed by atoms with Crippen LogP contribution in [0.4, 0.5) is 4.79 Å². The highest BCUT2D eigenvalue weighted by atomic mass is 16.2. The number of benzene rings is 2. The van der Waals surface area contributed by atoms with Crippen LogP contribution in [0.3, 0.4) is 0 Å². The van der Waals surface area contributed by atoms with Gasteiger partial charge in [-0.1, -0.05) is 67.6 Å². The van der Waals surface area contributed by atoms with Crippen molar-refractivity contribution in [2.45, 2.75) is 51.7 Å². The third-order valence-electron chi connectivity index (χ3n) is 5.69. The molecule has 5 heteroatoms. The van der Waals surface area contributed by atoms with E-state index in [2.05, 4.69) is 29.7 Å². The molecule has 1 saturated heterocycles. The Balaban J connectivity index is 1.72. The first kappa shape index (κ1) is 20.9. The van der Waals surface area contributed by atoms with E-state index in [1.54, 1.807) is 0 Å². The quantitative estimate of drug-likeness (QED) is 0.770. The molecule has 5 nitrogen and oxygen atoms in total. The Hall–Kier alpha value is -2.82. The van der Waals surface area contributed by atoms with Gasteiger partial charge in [0, 0.05) is 19.1 Å². The third-order valence-corrected chi connectivity index (χ3v) is 5.69. The SMILES string of the molecule is CC[C@H](C)NC(=O)[C@H]1CC[C@@H](c2ccccc2)N(C(=O)NCc2ccccc2)C1. The molecule has 0 radical (unpaired) electrons. The fourth-order valence-electron chi connectivity index (χ4n) is 3.77. The molecule has 0 unspecified atom stereocenters. The standard InChI is InChI=1S/C24H31N3O2/c1-3-18(2)26-23(28)21-14-15-22(20-12-8-5-9-13-20)27(17-21)24(29)25-16-19-10-6-4-7-11-19/h4-13,18,21-22H,3,14-17H2,1-2H3,(H,25,29)(H,26,28)/t18-,21-,22-/m0/s1. The van der Waals surface area contributed by atoms with Gasteiger partial charge in [0.15, 0.2) is 0 Å². The van der Waals surface area contributed by atoms with E-state index in [0.717, 1.165) is 30.4 Å². The van der Waals surface area contributed by atoms with Gasteiger partial charge in [0.25, 0.3) is 0 Å². The van der Waals surface area contributed by atoms with Crippen LogP contribution in [0.15, 0.2) is 60.7 Å². The molecule has 3 amide bonds. The minimum Gasteiger partial charge on any atom is -0.353 e. The molecule has 3 rings (SSSR count). The second-order valence-corrected chi connectivity index (χ2v) is 7.82. The summed E-state index contributed by atoms with van der Waals surface area (Å²) in [6.45, 7) is 4.97. The number of hydrogen-bond acceptors (Lipinski definition) is 2. The van der Waals surface area contributed by atoms with Crippen molar-refractivity contribution < 1.29 is 9.59 Å². The monoisotopic (exact) mass is 393 g/mol. The van der Waals surface area contributed by atoms with Crippen LogP contribution in [-0.4, -0.2) is 29.4 Å². The molecule has 0 spiro atoms. The maximum Gasteiger partial charge on any atom is 0.318 e. The largest absolute Gasteiger partial charge is 0.353 e. The van der Waals surface area contributed by atoms with Gasteiger partial charge in [-0.2, -0.15) is 0 Å². The lowest BCUT2D eigenvalue weighted by Gasteiger charge is -2.39. The zero-order valence-electron chi connectivity index (χ0n) is 17.3. The number of carbonyl (C=O) groups is 2. The Morgan fingerprint density at radius 1 is 1.03 bits per heavy atom. The van der Waals surface area contributed by atoms with Crippen molar-refractivity contribution in [2.24, 2.45) is 5.92 Å². The fourth-order valence-corrected chi connectivity index (χ4v) is 3.77. The highest BCUT2D eigenvalue weighted by molar-refractivity contribution is 5.81. The van der Waals surface area contributed by atoms with E-state index in [0.29, 0.717) is 13.1 Å².